The van der Waals surface area contributed by atoms with Gasteiger partial charge in [-0.2, -0.15) is 0 Å². The molecular weight excluding hydrogens is 471 g/mol. The van der Waals surface area contributed by atoms with Crippen LogP contribution in [-0.4, -0.2) is 53.8 Å². The number of pyridine rings is 1. The summed E-state index contributed by atoms with van der Waals surface area (Å²) in [4.78, 5) is 48.9. The standard InChI is InChI=1S/C29H23FN4O3/c1-18-16-26(31-25-5-3-2-4-22(18)25)32-12-14-33(15-13-32)27(35)19-6-11-23-24(17-19)29(37)34(28(23)36)21-9-7-20(30)8-10-21/h2-11,16-17H,12-15H2,1H3. The number of hydrogen-bond donors (Lipinski definition) is 0. The highest BCUT2D eigenvalue weighted by Gasteiger charge is 2.37. The van der Waals surface area contributed by atoms with Crippen LogP contribution in [0.4, 0.5) is 15.9 Å². The highest BCUT2D eigenvalue weighted by atomic mass is 19.1. The maximum Gasteiger partial charge on any atom is 0.266 e. The lowest BCUT2D eigenvalue weighted by Gasteiger charge is -2.35. The summed E-state index contributed by atoms with van der Waals surface area (Å²) in [6, 6.07) is 19.9. The van der Waals surface area contributed by atoms with Gasteiger partial charge < -0.3 is 9.80 Å². The Kier molecular flexibility index (Phi) is 5.44. The Bertz CT molecular complexity index is 1580. The predicted octanol–water partition coefficient (Wildman–Crippen LogP) is 4.45. The Hall–Kier alpha value is -4.59. The molecule has 3 heterocycles. The third kappa shape index (κ3) is 3.91. The normalized spacial score (nSPS) is 15.5. The molecule has 3 aromatic carbocycles. The summed E-state index contributed by atoms with van der Waals surface area (Å²) in [5.74, 6) is -0.766. The Labute approximate surface area is 212 Å². The molecule has 7 nitrogen and oxygen atoms in total. The molecule has 184 valence electrons. The zero-order valence-electron chi connectivity index (χ0n) is 20.1. The maximum atomic E-state index is 13.3. The number of imide groups is 1. The summed E-state index contributed by atoms with van der Waals surface area (Å²) < 4.78 is 13.3. The third-order valence-corrected chi connectivity index (χ3v) is 7.02. The summed E-state index contributed by atoms with van der Waals surface area (Å²) >= 11 is 0. The second-order valence-corrected chi connectivity index (χ2v) is 9.28. The quantitative estimate of drug-likeness (QED) is 0.394. The van der Waals surface area contributed by atoms with Crippen molar-refractivity contribution in [2.45, 2.75) is 6.92 Å². The SMILES string of the molecule is Cc1cc(N2CCN(C(=O)c3ccc4c(c3)C(=O)N(c3ccc(F)cc3)C4=O)CC2)nc2ccccc12. The molecule has 0 saturated carbocycles. The molecule has 0 atom stereocenters. The van der Waals surface area contributed by atoms with Gasteiger partial charge in [-0.15, -0.1) is 0 Å². The van der Waals surface area contributed by atoms with E-state index in [9.17, 15) is 18.8 Å². The number of aryl methyl sites for hydroxylation is 1. The van der Waals surface area contributed by atoms with Crippen molar-refractivity contribution in [2.24, 2.45) is 0 Å². The number of carbonyl (C=O) groups is 3. The van der Waals surface area contributed by atoms with Crippen LogP contribution in [0.3, 0.4) is 0 Å². The molecule has 1 aromatic heterocycles. The van der Waals surface area contributed by atoms with Crippen molar-refractivity contribution >= 4 is 40.1 Å². The van der Waals surface area contributed by atoms with Gasteiger partial charge in [0.1, 0.15) is 11.6 Å². The average molecular weight is 495 g/mol. The number of carbonyl (C=O) groups excluding carboxylic acids is 3. The molecule has 0 aliphatic carbocycles. The highest BCUT2D eigenvalue weighted by molar-refractivity contribution is 6.34. The third-order valence-electron chi connectivity index (χ3n) is 7.02. The molecule has 8 heteroatoms. The predicted molar refractivity (Wildman–Crippen MR) is 139 cm³/mol. The summed E-state index contributed by atoms with van der Waals surface area (Å²) in [5.41, 5.74) is 3.15. The summed E-state index contributed by atoms with van der Waals surface area (Å²) in [5, 5.41) is 1.13. The Balaban J connectivity index is 1.18. The Morgan fingerprint density at radius 1 is 0.838 bits per heavy atom. The number of para-hydroxylation sites is 1. The zero-order valence-corrected chi connectivity index (χ0v) is 20.1. The van der Waals surface area contributed by atoms with Crippen LogP contribution in [0.5, 0.6) is 0 Å². The lowest BCUT2D eigenvalue weighted by atomic mass is 10.0. The molecule has 0 spiro atoms. The molecule has 3 amide bonds. The van der Waals surface area contributed by atoms with Crippen molar-refractivity contribution in [2.75, 3.05) is 36.0 Å². The number of aromatic nitrogens is 1. The van der Waals surface area contributed by atoms with Gasteiger partial charge >= 0.3 is 0 Å². The Morgan fingerprint density at radius 3 is 2.30 bits per heavy atom. The largest absolute Gasteiger partial charge is 0.353 e. The minimum Gasteiger partial charge on any atom is -0.353 e. The monoisotopic (exact) mass is 494 g/mol. The number of anilines is 2. The molecule has 0 bridgehead atoms. The molecule has 2 aliphatic rings. The summed E-state index contributed by atoms with van der Waals surface area (Å²) in [6.45, 7) is 4.37. The van der Waals surface area contributed by atoms with Gasteiger partial charge in [-0.05, 0) is 67.1 Å². The molecule has 6 rings (SSSR count). The maximum absolute atomic E-state index is 13.3. The van der Waals surface area contributed by atoms with Gasteiger partial charge in [-0.1, -0.05) is 18.2 Å². The van der Waals surface area contributed by atoms with Crippen molar-refractivity contribution in [3.05, 3.63) is 101 Å². The van der Waals surface area contributed by atoms with Crippen LogP contribution in [-0.2, 0) is 0 Å². The number of hydrogen-bond acceptors (Lipinski definition) is 5. The van der Waals surface area contributed by atoms with Crippen molar-refractivity contribution in [3.8, 4) is 0 Å². The van der Waals surface area contributed by atoms with E-state index >= 15 is 0 Å². The van der Waals surface area contributed by atoms with E-state index in [0.717, 1.165) is 27.2 Å². The van der Waals surface area contributed by atoms with Crippen molar-refractivity contribution in [1.29, 1.82) is 0 Å². The van der Waals surface area contributed by atoms with Crippen LogP contribution in [0, 0.1) is 12.7 Å². The van der Waals surface area contributed by atoms with Crippen LogP contribution >= 0.6 is 0 Å². The minimum atomic E-state index is -0.524. The second kappa shape index (κ2) is 8.81. The van der Waals surface area contributed by atoms with Crippen LogP contribution in [0.15, 0.2) is 72.8 Å². The number of benzene rings is 3. The number of rotatable bonds is 3. The van der Waals surface area contributed by atoms with E-state index in [1.807, 2.05) is 18.2 Å². The molecule has 0 N–H and O–H groups in total. The molecule has 1 fully saturated rings. The number of fused-ring (bicyclic) bond motifs is 2. The van der Waals surface area contributed by atoms with Gasteiger partial charge in [0.2, 0.25) is 0 Å². The van der Waals surface area contributed by atoms with Gasteiger partial charge in [-0.25, -0.2) is 14.3 Å². The van der Waals surface area contributed by atoms with Crippen molar-refractivity contribution < 1.29 is 18.8 Å². The number of piperazine rings is 1. The van der Waals surface area contributed by atoms with Crippen LogP contribution in [0.2, 0.25) is 0 Å². The number of amides is 3. The van der Waals surface area contributed by atoms with Gasteiger partial charge in [0.05, 0.1) is 22.3 Å². The number of nitrogens with zero attached hydrogens (tertiary/aromatic N) is 4. The smallest absolute Gasteiger partial charge is 0.266 e. The van der Waals surface area contributed by atoms with E-state index in [0.29, 0.717) is 31.7 Å². The van der Waals surface area contributed by atoms with E-state index in [4.69, 9.17) is 4.98 Å². The van der Waals surface area contributed by atoms with Gasteiger partial charge in [0.15, 0.2) is 0 Å². The average Bonchev–Trinajstić information content (AvgIpc) is 3.18. The first-order valence-electron chi connectivity index (χ1n) is 12.1. The fraction of sp³-hybridized carbons (Fsp3) is 0.172. The highest BCUT2D eigenvalue weighted by Crippen LogP contribution is 2.30. The Morgan fingerprint density at radius 2 is 1.54 bits per heavy atom. The van der Waals surface area contributed by atoms with Gasteiger partial charge in [-0.3, -0.25) is 14.4 Å². The fourth-order valence-electron chi connectivity index (χ4n) is 5.01. The zero-order chi connectivity index (χ0) is 25.7. The van der Waals surface area contributed by atoms with Crippen LogP contribution in [0.25, 0.3) is 10.9 Å². The molecule has 37 heavy (non-hydrogen) atoms. The summed E-state index contributed by atoms with van der Waals surface area (Å²) in [7, 11) is 0. The van der Waals surface area contributed by atoms with E-state index in [2.05, 4.69) is 24.0 Å². The first-order valence-corrected chi connectivity index (χ1v) is 12.1. The van der Waals surface area contributed by atoms with Crippen molar-refractivity contribution in [3.63, 3.8) is 0 Å². The molecular formula is C29H23FN4O3. The van der Waals surface area contributed by atoms with E-state index in [-0.39, 0.29) is 22.7 Å². The van der Waals surface area contributed by atoms with Crippen molar-refractivity contribution in [1.82, 2.24) is 9.88 Å². The fourth-order valence-corrected chi connectivity index (χ4v) is 5.01. The first kappa shape index (κ1) is 22.8. The molecule has 1 saturated heterocycles. The van der Waals surface area contributed by atoms with Gasteiger partial charge in [0, 0.05) is 37.1 Å². The number of halogens is 1. The summed E-state index contributed by atoms with van der Waals surface area (Å²) in [6.07, 6.45) is 0. The van der Waals surface area contributed by atoms with Crippen LogP contribution < -0.4 is 9.80 Å². The van der Waals surface area contributed by atoms with E-state index < -0.39 is 17.6 Å². The minimum absolute atomic E-state index is 0.176. The second-order valence-electron chi connectivity index (χ2n) is 9.28. The van der Waals surface area contributed by atoms with E-state index in [1.165, 1.54) is 36.4 Å². The lowest BCUT2D eigenvalue weighted by molar-refractivity contribution is 0.0746. The van der Waals surface area contributed by atoms with Gasteiger partial charge in [0.25, 0.3) is 17.7 Å². The van der Waals surface area contributed by atoms with E-state index in [1.54, 1.807) is 11.0 Å². The lowest BCUT2D eigenvalue weighted by Crippen LogP contribution is -2.49. The molecule has 4 aromatic rings. The first-order chi connectivity index (χ1) is 17.9. The van der Waals surface area contributed by atoms with Crippen LogP contribution in [0.1, 0.15) is 36.6 Å². The molecule has 2 aliphatic heterocycles. The molecule has 0 radical (unpaired) electrons. The molecule has 0 unspecified atom stereocenters. The topological polar surface area (TPSA) is 73.8 Å².